The minimum absolute atomic E-state index is 0.166. The van der Waals surface area contributed by atoms with Gasteiger partial charge in [0.15, 0.2) is 5.69 Å². The number of carboxylic acid groups (broad SMARTS) is 1. The lowest BCUT2D eigenvalue weighted by molar-refractivity contribution is -0.119. The van der Waals surface area contributed by atoms with Crippen LogP contribution in [-0.2, 0) is 4.79 Å². The summed E-state index contributed by atoms with van der Waals surface area (Å²) in [5.74, 6) is -1.50. The number of fused-ring (bicyclic) bond motifs is 1. The van der Waals surface area contributed by atoms with Gasteiger partial charge in [0.05, 0.1) is 18.2 Å². The van der Waals surface area contributed by atoms with E-state index >= 15 is 0 Å². The third kappa shape index (κ3) is 3.79. The molecule has 0 saturated heterocycles. The van der Waals surface area contributed by atoms with Crippen LogP contribution < -0.4 is 15.6 Å². The van der Waals surface area contributed by atoms with Crippen LogP contribution in [0.25, 0.3) is 10.8 Å². The molecule has 29 heavy (non-hydrogen) atoms. The normalized spacial score (nSPS) is 11.9. The van der Waals surface area contributed by atoms with E-state index in [1.54, 1.807) is 31.2 Å². The van der Waals surface area contributed by atoms with Gasteiger partial charge in [-0.25, -0.2) is 9.48 Å². The van der Waals surface area contributed by atoms with Crippen LogP contribution in [0.15, 0.2) is 41.2 Å². The summed E-state index contributed by atoms with van der Waals surface area (Å²) in [6, 6.07) is 8.37. The van der Waals surface area contributed by atoms with E-state index in [1.807, 2.05) is 0 Å². The molecular weight excluding hydrogens is 398 g/mol. The number of amides is 1. The summed E-state index contributed by atoms with van der Waals surface area (Å²) in [7, 11) is 1.44. The molecule has 1 aromatic heterocycles. The number of anilines is 1. The average molecular weight is 416 g/mol. The van der Waals surface area contributed by atoms with Crippen LogP contribution in [0.2, 0.25) is 5.02 Å². The molecule has 0 saturated carbocycles. The molecule has 3 aromatic rings. The lowest BCUT2D eigenvalue weighted by atomic mass is 10.1. The van der Waals surface area contributed by atoms with E-state index in [1.165, 1.54) is 26.2 Å². The van der Waals surface area contributed by atoms with Crippen molar-refractivity contribution in [3.8, 4) is 5.75 Å². The molecule has 1 atom stereocenters. The van der Waals surface area contributed by atoms with E-state index in [4.69, 9.17) is 16.3 Å². The smallest absolute Gasteiger partial charge is 0.357 e. The minimum Gasteiger partial charge on any atom is -0.495 e. The van der Waals surface area contributed by atoms with Crippen LogP contribution >= 0.6 is 11.6 Å². The topological polar surface area (TPSA) is 111 Å². The summed E-state index contributed by atoms with van der Waals surface area (Å²) in [5, 5.41) is 16.9. The van der Waals surface area contributed by atoms with E-state index in [0.717, 1.165) is 10.2 Å². The zero-order chi connectivity index (χ0) is 21.3. The number of carbonyl (C=O) groups excluding carboxylic acids is 1. The molecule has 0 radical (unpaired) electrons. The molecule has 0 aliphatic carbocycles. The molecule has 8 nitrogen and oxygen atoms in total. The summed E-state index contributed by atoms with van der Waals surface area (Å²) < 4.78 is 6.11. The maximum atomic E-state index is 12.8. The van der Waals surface area contributed by atoms with Gasteiger partial charge < -0.3 is 15.2 Å². The molecule has 2 N–H and O–H groups in total. The van der Waals surface area contributed by atoms with Crippen molar-refractivity contribution < 1.29 is 19.4 Å². The number of aryl methyl sites for hydroxylation is 1. The van der Waals surface area contributed by atoms with Gasteiger partial charge in [0.2, 0.25) is 5.91 Å². The fraction of sp³-hybridized carbons (Fsp3) is 0.200. The van der Waals surface area contributed by atoms with Crippen molar-refractivity contribution in [1.29, 1.82) is 0 Å². The predicted octanol–water partition coefficient (Wildman–Crippen LogP) is 3.26. The Labute approximate surface area is 170 Å². The number of benzene rings is 2. The fourth-order valence-corrected chi connectivity index (χ4v) is 3.06. The molecular formula is C20H18ClN3O5. The number of carboxylic acids is 1. The van der Waals surface area contributed by atoms with Gasteiger partial charge in [0.25, 0.3) is 5.56 Å². The number of hydrogen-bond acceptors (Lipinski definition) is 5. The number of aromatic carboxylic acids is 1. The van der Waals surface area contributed by atoms with E-state index in [2.05, 4.69) is 10.4 Å². The molecule has 9 heteroatoms. The first-order chi connectivity index (χ1) is 13.7. The molecule has 0 fully saturated rings. The monoisotopic (exact) mass is 415 g/mol. The molecule has 1 heterocycles. The lowest BCUT2D eigenvalue weighted by Crippen LogP contribution is -2.35. The van der Waals surface area contributed by atoms with E-state index in [-0.39, 0.29) is 16.5 Å². The summed E-state index contributed by atoms with van der Waals surface area (Å²) in [6.45, 7) is 3.23. The Bertz CT molecular complexity index is 1190. The van der Waals surface area contributed by atoms with Crippen molar-refractivity contribution in [1.82, 2.24) is 9.78 Å². The molecule has 1 amide bonds. The van der Waals surface area contributed by atoms with Gasteiger partial charge in [-0.1, -0.05) is 29.8 Å². The lowest BCUT2D eigenvalue weighted by Gasteiger charge is -2.17. The quantitative estimate of drug-likeness (QED) is 0.661. The van der Waals surface area contributed by atoms with Crippen LogP contribution in [0, 0.1) is 6.92 Å². The molecule has 3 rings (SSSR count). The average Bonchev–Trinajstić information content (AvgIpc) is 2.70. The molecule has 150 valence electrons. The molecule has 2 aromatic carbocycles. The fourth-order valence-electron chi connectivity index (χ4n) is 2.91. The van der Waals surface area contributed by atoms with Crippen molar-refractivity contribution in [3.05, 3.63) is 63.0 Å². The highest BCUT2D eigenvalue weighted by Crippen LogP contribution is 2.31. The van der Waals surface area contributed by atoms with Crippen LogP contribution in [0.3, 0.4) is 0 Å². The second-order valence-electron chi connectivity index (χ2n) is 6.42. The summed E-state index contributed by atoms with van der Waals surface area (Å²) in [6.07, 6.45) is 0. The highest BCUT2D eigenvalue weighted by Gasteiger charge is 2.23. The Hall–Kier alpha value is -3.39. The van der Waals surface area contributed by atoms with Crippen molar-refractivity contribution in [3.63, 3.8) is 0 Å². The predicted molar refractivity (Wildman–Crippen MR) is 109 cm³/mol. The third-order valence-corrected chi connectivity index (χ3v) is 4.92. The van der Waals surface area contributed by atoms with E-state index in [0.29, 0.717) is 16.5 Å². The van der Waals surface area contributed by atoms with Crippen LogP contribution in [0.4, 0.5) is 5.69 Å². The Morgan fingerprint density at radius 2 is 1.90 bits per heavy atom. The largest absolute Gasteiger partial charge is 0.495 e. The van der Waals surface area contributed by atoms with Crippen molar-refractivity contribution >= 4 is 39.9 Å². The number of ether oxygens (including phenoxy) is 1. The zero-order valence-corrected chi connectivity index (χ0v) is 16.6. The van der Waals surface area contributed by atoms with E-state index < -0.39 is 23.5 Å². The number of aromatic nitrogens is 2. The Kier molecular flexibility index (Phi) is 5.56. The van der Waals surface area contributed by atoms with Gasteiger partial charge in [0.1, 0.15) is 11.8 Å². The molecule has 1 unspecified atom stereocenters. The summed E-state index contributed by atoms with van der Waals surface area (Å²) in [4.78, 5) is 37.2. The number of nitrogens with zero attached hydrogens (tertiary/aromatic N) is 2. The standard InChI is InChI=1S/C20H18ClN3O5/c1-10-8-15(16(29-3)9-14(10)21)22-18(25)11(2)24-19(26)13-7-5-4-6-12(13)17(23-24)20(27)28/h4-9,11H,1-3H3,(H,22,25)(H,27,28). The highest BCUT2D eigenvalue weighted by atomic mass is 35.5. The second-order valence-corrected chi connectivity index (χ2v) is 6.82. The maximum Gasteiger partial charge on any atom is 0.357 e. The SMILES string of the molecule is COc1cc(Cl)c(C)cc1NC(=O)C(C)n1nc(C(=O)O)c2ccccc2c1=O. The maximum absolute atomic E-state index is 12.8. The van der Waals surface area contributed by atoms with Crippen molar-refractivity contribution in [2.24, 2.45) is 0 Å². The Morgan fingerprint density at radius 1 is 1.24 bits per heavy atom. The number of rotatable bonds is 5. The number of nitrogens with one attached hydrogen (secondary N) is 1. The first-order valence-electron chi connectivity index (χ1n) is 8.64. The molecule has 0 bridgehead atoms. The van der Waals surface area contributed by atoms with Gasteiger partial charge in [-0.3, -0.25) is 9.59 Å². The molecule has 0 aliphatic heterocycles. The van der Waals surface area contributed by atoms with Crippen LogP contribution in [0.1, 0.15) is 29.0 Å². The van der Waals surface area contributed by atoms with Gasteiger partial charge in [0, 0.05) is 16.5 Å². The Morgan fingerprint density at radius 3 is 2.52 bits per heavy atom. The number of hydrogen-bond donors (Lipinski definition) is 2. The molecule has 0 spiro atoms. The van der Waals surface area contributed by atoms with Gasteiger partial charge >= 0.3 is 5.97 Å². The van der Waals surface area contributed by atoms with Gasteiger partial charge in [-0.05, 0) is 31.5 Å². The number of halogens is 1. The van der Waals surface area contributed by atoms with Gasteiger partial charge in [-0.2, -0.15) is 5.10 Å². The molecule has 0 aliphatic rings. The highest BCUT2D eigenvalue weighted by molar-refractivity contribution is 6.31. The number of methoxy groups -OCH3 is 1. The van der Waals surface area contributed by atoms with Crippen LogP contribution in [0.5, 0.6) is 5.75 Å². The minimum atomic E-state index is -1.29. The zero-order valence-electron chi connectivity index (χ0n) is 15.9. The van der Waals surface area contributed by atoms with Gasteiger partial charge in [-0.15, -0.1) is 0 Å². The summed E-state index contributed by atoms with van der Waals surface area (Å²) >= 11 is 6.08. The number of carbonyl (C=O) groups is 2. The Balaban J connectivity index is 2.04. The van der Waals surface area contributed by atoms with Crippen molar-refractivity contribution in [2.45, 2.75) is 19.9 Å². The second kappa shape index (κ2) is 7.92. The van der Waals surface area contributed by atoms with E-state index in [9.17, 15) is 19.5 Å². The first-order valence-corrected chi connectivity index (χ1v) is 9.02. The first kappa shape index (κ1) is 20.3. The van der Waals surface area contributed by atoms with Crippen molar-refractivity contribution in [2.75, 3.05) is 12.4 Å². The van der Waals surface area contributed by atoms with Crippen LogP contribution in [-0.4, -0.2) is 33.9 Å². The summed E-state index contributed by atoms with van der Waals surface area (Å²) in [5.41, 5.74) is 0.232. The third-order valence-electron chi connectivity index (χ3n) is 4.52.